The van der Waals surface area contributed by atoms with Crippen molar-refractivity contribution in [2.24, 2.45) is 0 Å². The standard InChI is InChI=1S/C23H33N3O4/c1-2-19-23(29)25-20-12-11-18(16-21(20)24-19)30-15-7-6-10-22(28)26(13-14-27)17-8-4-3-5-9-17/h11-12,16-17,27H,2-10,13-15H2,1H3,(H,25,29). The van der Waals surface area contributed by atoms with Crippen molar-refractivity contribution in [1.82, 2.24) is 14.9 Å². The van der Waals surface area contributed by atoms with Gasteiger partial charge in [0.05, 0.1) is 24.2 Å². The molecule has 7 heteroatoms. The molecule has 1 aromatic heterocycles. The first kappa shape index (κ1) is 22.3. The summed E-state index contributed by atoms with van der Waals surface area (Å²) in [6.45, 7) is 2.88. The highest BCUT2D eigenvalue weighted by Crippen LogP contribution is 2.23. The second-order valence-corrected chi connectivity index (χ2v) is 7.95. The number of nitrogens with zero attached hydrogens (tertiary/aromatic N) is 2. The van der Waals surface area contributed by atoms with Gasteiger partial charge in [-0.3, -0.25) is 9.59 Å². The van der Waals surface area contributed by atoms with Gasteiger partial charge in [-0.1, -0.05) is 26.2 Å². The molecule has 0 bridgehead atoms. The molecular weight excluding hydrogens is 382 g/mol. The summed E-state index contributed by atoms with van der Waals surface area (Å²) in [5.74, 6) is 0.849. The van der Waals surface area contributed by atoms with E-state index in [-0.39, 0.29) is 18.1 Å². The molecule has 7 nitrogen and oxygen atoms in total. The van der Waals surface area contributed by atoms with E-state index in [9.17, 15) is 14.7 Å². The van der Waals surface area contributed by atoms with Crippen molar-refractivity contribution < 1.29 is 14.6 Å². The fraction of sp³-hybridized carbons (Fsp3) is 0.609. The summed E-state index contributed by atoms with van der Waals surface area (Å²) >= 11 is 0. The third-order valence-electron chi connectivity index (χ3n) is 5.80. The molecule has 0 unspecified atom stereocenters. The van der Waals surface area contributed by atoms with E-state index in [1.807, 2.05) is 24.0 Å². The van der Waals surface area contributed by atoms with Crippen LogP contribution < -0.4 is 10.3 Å². The minimum atomic E-state index is -0.146. The van der Waals surface area contributed by atoms with Crippen molar-refractivity contribution in [3.8, 4) is 5.75 Å². The third kappa shape index (κ3) is 5.81. The van der Waals surface area contributed by atoms with E-state index < -0.39 is 0 Å². The Balaban J connectivity index is 1.46. The molecule has 1 amide bonds. The molecule has 1 aliphatic rings. The summed E-state index contributed by atoms with van der Waals surface area (Å²) in [4.78, 5) is 33.6. The van der Waals surface area contributed by atoms with Crippen molar-refractivity contribution in [1.29, 1.82) is 0 Å². The predicted octanol–water partition coefficient (Wildman–Crippen LogP) is 3.19. The lowest BCUT2D eigenvalue weighted by Gasteiger charge is -2.34. The molecule has 3 rings (SSSR count). The van der Waals surface area contributed by atoms with Crippen LogP contribution in [0.5, 0.6) is 5.75 Å². The number of rotatable bonds is 10. The molecule has 0 saturated heterocycles. The fourth-order valence-corrected chi connectivity index (χ4v) is 4.15. The van der Waals surface area contributed by atoms with Crippen LogP contribution in [0, 0.1) is 0 Å². The summed E-state index contributed by atoms with van der Waals surface area (Å²) in [6.07, 6.45) is 8.29. The largest absolute Gasteiger partial charge is 0.494 e. The minimum absolute atomic E-state index is 0.0202. The predicted molar refractivity (Wildman–Crippen MR) is 117 cm³/mol. The number of fused-ring (bicyclic) bond motifs is 1. The number of carbonyl (C=O) groups excluding carboxylic acids is 1. The molecular formula is C23H33N3O4. The Morgan fingerprint density at radius 2 is 2.07 bits per heavy atom. The highest BCUT2D eigenvalue weighted by Gasteiger charge is 2.24. The maximum absolute atomic E-state index is 12.6. The van der Waals surface area contributed by atoms with Gasteiger partial charge in [-0.25, -0.2) is 4.98 Å². The van der Waals surface area contributed by atoms with Gasteiger partial charge in [-0.15, -0.1) is 0 Å². The number of aromatic nitrogens is 2. The Kier molecular flexibility index (Phi) is 8.25. The number of benzene rings is 1. The third-order valence-corrected chi connectivity index (χ3v) is 5.80. The van der Waals surface area contributed by atoms with Crippen molar-refractivity contribution in [3.63, 3.8) is 0 Å². The molecule has 1 aliphatic carbocycles. The van der Waals surface area contributed by atoms with Gasteiger partial charge in [0, 0.05) is 25.1 Å². The maximum Gasteiger partial charge on any atom is 0.270 e. The average Bonchev–Trinajstić information content (AvgIpc) is 2.77. The van der Waals surface area contributed by atoms with E-state index in [2.05, 4.69) is 9.97 Å². The molecule has 2 N–H and O–H groups in total. The van der Waals surface area contributed by atoms with Crippen LogP contribution in [0.4, 0.5) is 0 Å². The Bertz CT molecular complexity index is 890. The molecule has 0 radical (unpaired) electrons. The number of H-pyrrole nitrogens is 1. The van der Waals surface area contributed by atoms with E-state index in [4.69, 9.17) is 4.74 Å². The summed E-state index contributed by atoms with van der Waals surface area (Å²) < 4.78 is 5.83. The second-order valence-electron chi connectivity index (χ2n) is 7.95. The number of aliphatic hydroxyl groups excluding tert-OH is 1. The number of ether oxygens (including phenoxy) is 1. The fourth-order valence-electron chi connectivity index (χ4n) is 4.15. The molecule has 164 valence electrons. The van der Waals surface area contributed by atoms with Crippen molar-refractivity contribution >= 4 is 16.9 Å². The summed E-state index contributed by atoms with van der Waals surface area (Å²) in [7, 11) is 0. The van der Waals surface area contributed by atoms with Gasteiger partial charge >= 0.3 is 0 Å². The Morgan fingerprint density at radius 1 is 1.27 bits per heavy atom. The van der Waals surface area contributed by atoms with Gasteiger partial charge in [0.1, 0.15) is 11.4 Å². The van der Waals surface area contributed by atoms with Gasteiger partial charge in [0.2, 0.25) is 5.91 Å². The van der Waals surface area contributed by atoms with Crippen LogP contribution in [-0.2, 0) is 11.2 Å². The number of unbranched alkanes of at least 4 members (excludes halogenated alkanes) is 1. The number of aryl methyl sites for hydroxylation is 1. The molecule has 0 aliphatic heterocycles. The lowest BCUT2D eigenvalue weighted by Crippen LogP contribution is -2.43. The normalized spacial score (nSPS) is 14.7. The van der Waals surface area contributed by atoms with Crippen molar-refractivity contribution in [2.45, 2.75) is 70.8 Å². The highest BCUT2D eigenvalue weighted by molar-refractivity contribution is 5.76. The monoisotopic (exact) mass is 415 g/mol. The van der Waals surface area contributed by atoms with Crippen molar-refractivity contribution in [2.75, 3.05) is 19.8 Å². The van der Waals surface area contributed by atoms with Crippen LogP contribution in [0.2, 0.25) is 0 Å². The van der Waals surface area contributed by atoms with Gasteiger partial charge in [0.15, 0.2) is 0 Å². The number of aliphatic hydroxyl groups is 1. The Hall–Kier alpha value is -2.41. The van der Waals surface area contributed by atoms with Crippen molar-refractivity contribution in [3.05, 3.63) is 34.2 Å². The number of nitrogens with one attached hydrogen (secondary N) is 1. The molecule has 2 aromatic rings. The van der Waals surface area contributed by atoms with Gasteiger partial charge in [-0.05, 0) is 44.2 Å². The van der Waals surface area contributed by atoms with Crippen LogP contribution in [-0.4, -0.2) is 51.7 Å². The van der Waals surface area contributed by atoms with Crippen LogP contribution in [0.25, 0.3) is 11.0 Å². The van der Waals surface area contributed by atoms with Crippen LogP contribution in [0.3, 0.4) is 0 Å². The molecule has 1 heterocycles. The molecule has 1 fully saturated rings. The number of hydrogen-bond donors (Lipinski definition) is 2. The zero-order chi connectivity index (χ0) is 21.3. The molecule has 1 aromatic carbocycles. The van der Waals surface area contributed by atoms with E-state index in [1.165, 1.54) is 19.3 Å². The second kappa shape index (κ2) is 11.1. The van der Waals surface area contributed by atoms with E-state index >= 15 is 0 Å². The number of carbonyl (C=O) groups is 1. The van der Waals surface area contributed by atoms with Gasteiger partial charge in [-0.2, -0.15) is 0 Å². The van der Waals surface area contributed by atoms with Crippen LogP contribution in [0.1, 0.15) is 64.0 Å². The van der Waals surface area contributed by atoms with Crippen LogP contribution in [0.15, 0.2) is 23.0 Å². The number of aromatic amines is 1. The molecule has 0 spiro atoms. The Labute approximate surface area is 177 Å². The summed E-state index contributed by atoms with van der Waals surface area (Å²) in [6, 6.07) is 5.75. The van der Waals surface area contributed by atoms with Gasteiger partial charge < -0.3 is 19.7 Å². The molecule has 0 atom stereocenters. The maximum atomic E-state index is 12.6. The topological polar surface area (TPSA) is 95.5 Å². The Morgan fingerprint density at radius 3 is 2.80 bits per heavy atom. The molecule has 1 saturated carbocycles. The van der Waals surface area contributed by atoms with E-state index in [0.29, 0.717) is 54.5 Å². The quantitative estimate of drug-likeness (QED) is 0.581. The first-order chi connectivity index (χ1) is 14.6. The summed E-state index contributed by atoms with van der Waals surface area (Å²) in [5.41, 5.74) is 1.78. The zero-order valence-electron chi connectivity index (χ0n) is 17.9. The first-order valence-corrected chi connectivity index (χ1v) is 11.2. The minimum Gasteiger partial charge on any atom is -0.494 e. The molecule has 30 heavy (non-hydrogen) atoms. The number of hydrogen-bond acceptors (Lipinski definition) is 5. The first-order valence-electron chi connectivity index (χ1n) is 11.2. The summed E-state index contributed by atoms with van der Waals surface area (Å²) in [5, 5.41) is 9.34. The smallest absolute Gasteiger partial charge is 0.270 e. The van der Waals surface area contributed by atoms with Crippen LogP contribution >= 0.6 is 0 Å². The lowest BCUT2D eigenvalue weighted by molar-refractivity contribution is -0.135. The van der Waals surface area contributed by atoms with Gasteiger partial charge in [0.25, 0.3) is 5.56 Å². The van der Waals surface area contributed by atoms with E-state index in [1.54, 1.807) is 6.07 Å². The lowest BCUT2D eigenvalue weighted by atomic mass is 9.94. The van der Waals surface area contributed by atoms with E-state index in [0.717, 1.165) is 25.7 Å². The SMILES string of the molecule is CCc1nc2cc(OCCCCC(=O)N(CCO)C3CCCCC3)ccc2[nH]c1=O. The zero-order valence-corrected chi connectivity index (χ0v) is 17.9. The average molecular weight is 416 g/mol. The number of amides is 1. The highest BCUT2D eigenvalue weighted by atomic mass is 16.5.